The number of fused-ring (bicyclic) bond motifs is 1. The quantitative estimate of drug-likeness (QED) is 0.355. The summed E-state index contributed by atoms with van der Waals surface area (Å²) >= 11 is 0. The van der Waals surface area contributed by atoms with Crippen molar-refractivity contribution in [3.8, 4) is 11.3 Å². The fourth-order valence-corrected chi connectivity index (χ4v) is 4.89. The second-order valence-electron chi connectivity index (χ2n) is 9.70. The Hall–Kier alpha value is -4.06. The van der Waals surface area contributed by atoms with Gasteiger partial charge in [-0.3, -0.25) is 9.69 Å². The number of aromatic nitrogens is 4. The highest BCUT2D eigenvalue weighted by Gasteiger charge is 2.18. The van der Waals surface area contributed by atoms with Crippen LogP contribution in [0.1, 0.15) is 10.4 Å². The fraction of sp³-hybridized carbons (Fsp3) is 0.357. The van der Waals surface area contributed by atoms with Crippen molar-refractivity contribution in [1.29, 1.82) is 0 Å². The van der Waals surface area contributed by atoms with Crippen LogP contribution in [0.3, 0.4) is 0 Å². The predicted octanol–water partition coefficient (Wildman–Crippen LogP) is 2.50. The van der Waals surface area contributed by atoms with E-state index in [1.807, 2.05) is 30.6 Å². The van der Waals surface area contributed by atoms with Crippen LogP contribution in [-0.4, -0.2) is 89.5 Å². The van der Waals surface area contributed by atoms with Crippen LogP contribution < -0.4 is 16.0 Å². The monoisotopic (exact) mass is 528 g/mol. The summed E-state index contributed by atoms with van der Waals surface area (Å²) in [6, 6.07) is 15.2. The molecule has 1 amide bonds. The van der Waals surface area contributed by atoms with E-state index in [4.69, 9.17) is 25.2 Å². The number of primary amides is 1. The molecule has 0 radical (unpaired) electrons. The first-order valence-corrected chi connectivity index (χ1v) is 13.3. The number of hydrogen-bond donors (Lipinski definition) is 2. The van der Waals surface area contributed by atoms with Gasteiger partial charge in [0.2, 0.25) is 11.9 Å². The van der Waals surface area contributed by atoms with Gasteiger partial charge < -0.3 is 30.0 Å². The van der Waals surface area contributed by atoms with Crippen LogP contribution in [0, 0.1) is 0 Å². The summed E-state index contributed by atoms with van der Waals surface area (Å²) in [6.07, 6.45) is 1.91. The average Bonchev–Trinajstić information content (AvgIpc) is 3.39. The first-order valence-electron chi connectivity index (χ1n) is 13.3. The predicted molar refractivity (Wildman–Crippen MR) is 149 cm³/mol. The molecule has 0 bridgehead atoms. The average molecular weight is 529 g/mol. The van der Waals surface area contributed by atoms with Gasteiger partial charge in [0.1, 0.15) is 5.82 Å². The van der Waals surface area contributed by atoms with Gasteiger partial charge >= 0.3 is 0 Å². The van der Waals surface area contributed by atoms with Gasteiger partial charge in [-0.25, -0.2) is 9.97 Å². The summed E-state index contributed by atoms with van der Waals surface area (Å²) in [5.74, 6) is 0.849. The highest BCUT2D eigenvalue weighted by atomic mass is 16.5. The molecule has 2 aromatic heterocycles. The Kier molecular flexibility index (Phi) is 7.35. The Morgan fingerprint density at radius 2 is 1.64 bits per heavy atom. The molecule has 11 nitrogen and oxygen atoms in total. The number of anilines is 3. The third kappa shape index (κ3) is 5.85. The molecule has 4 aromatic rings. The number of benzene rings is 2. The van der Waals surface area contributed by atoms with Crippen molar-refractivity contribution in [2.75, 3.05) is 69.4 Å². The zero-order valence-electron chi connectivity index (χ0n) is 21.8. The number of carbonyl (C=O) groups is 1. The third-order valence-corrected chi connectivity index (χ3v) is 7.13. The zero-order chi connectivity index (χ0) is 26.6. The van der Waals surface area contributed by atoms with Gasteiger partial charge in [-0.05, 0) is 36.4 Å². The summed E-state index contributed by atoms with van der Waals surface area (Å²) in [5.41, 5.74) is 10.5. The third-order valence-electron chi connectivity index (χ3n) is 7.13. The van der Waals surface area contributed by atoms with E-state index in [9.17, 15) is 4.79 Å². The number of ether oxygens (including phenoxy) is 2. The second kappa shape index (κ2) is 11.4. The van der Waals surface area contributed by atoms with Crippen molar-refractivity contribution in [2.24, 2.45) is 5.73 Å². The van der Waals surface area contributed by atoms with Crippen LogP contribution in [0.15, 0.2) is 54.9 Å². The smallest absolute Gasteiger partial charge is 0.248 e. The van der Waals surface area contributed by atoms with E-state index >= 15 is 0 Å². The first-order chi connectivity index (χ1) is 19.1. The molecular weight excluding hydrogens is 496 g/mol. The van der Waals surface area contributed by atoms with Crippen molar-refractivity contribution in [2.45, 2.75) is 6.54 Å². The molecule has 0 aliphatic carbocycles. The molecule has 202 valence electrons. The second-order valence-corrected chi connectivity index (χ2v) is 9.70. The summed E-state index contributed by atoms with van der Waals surface area (Å²) in [6.45, 7) is 8.05. The number of amides is 1. The van der Waals surface area contributed by atoms with Gasteiger partial charge in [0.15, 0.2) is 0 Å². The molecule has 2 aliphatic rings. The Labute approximate surface area is 226 Å². The molecule has 6 rings (SSSR count). The summed E-state index contributed by atoms with van der Waals surface area (Å²) < 4.78 is 13.2. The summed E-state index contributed by atoms with van der Waals surface area (Å²) in [5, 5.41) is 3.37. The van der Waals surface area contributed by atoms with E-state index in [2.05, 4.69) is 36.8 Å². The van der Waals surface area contributed by atoms with E-state index in [-0.39, 0.29) is 0 Å². The van der Waals surface area contributed by atoms with Crippen molar-refractivity contribution in [3.63, 3.8) is 0 Å². The normalized spacial score (nSPS) is 16.5. The Morgan fingerprint density at radius 3 is 2.38 bits per heavy atom. The van der Waals surface area contributed by atoms with Gasteiger partial charge in [0, 0.05) is 62.1 Å². The van der Waals surface area contributed by atoms with Crippen LogP contribution in [0.4, 0.5) is 17.5 Å². The Bertz CT molecular complexity index is 1440. The lowest BCUT2D eigenvalue weighted by Crippen LogP contribution is -2.38. The number of imidazole rings is 1. The minimum Gasteiger partial charge on any atom is -0.379 e. The molecule has 11 heteroatoms. The highest BCUT2D eigenvalue weighted by molar-refractivity contribution is 5.93. The minimum atomic E-state index is -0.458. The van der Waals surface area contributed by atoms with Gasteiger partial charge in [0.05, 0.1) is 49.5 Å². The lowest BCUT2D eigenvalue weighted by atomic mass is 10.1. The molecule has 0 unspecified atom stereocenters. The van der Waals surface area contributed by atoms with Crippen LogP contribution in [-0.2, 0) is 16.0 Å². The van der Waals surface area contributed by atoms with E-state index in [0.29, 0.717) is 30.5 Å². The first kappa shape index (κ1) is 25.2. The lowest BCUT2D eigenvalue weighted by Gasteiger charge is -2.27. The van der Waals surface area contributed by atoms with E-state index in [1.165, 1.54) is 0 Å². The standard InChI is InChI=1S/C28H32N8O3/c29-27(37)20-1-4-22(5-2-20)31-26-18-24(32-28(33-26)35-11-15-39-16-12-35)21-3-6-23-25(17-21)36(19-30-23)8-7-34-9-13-38-14-10-34/h1-6,17-19H,7-16H2,(H2,29,37)(H,31,32,33). The largest absolute Gasteiger partial charge is 0.379 e. The van der Waals surface area contributed by atoms with Crippen molar-refractivity contribution in [1.82, 2.24) is 24.4 Å². The van der Waals surface area contributed by atoms with E-state index < -0.39 is 5.91 Å². The fourth-order valence-electron chi connectivity index (χ4n) is 4.89. The van der Waals surface area contributed by atoms with Crippen LogP contribution in [0.2, 0.25) is 0 Å². The molecule has 0 atom stereocenters. The summed E-state index contributed by atoms with van der Waals surface area (Å²) in [4.78, 5) is 30.4. The lowest BCUT2D eigenvalue weighted by molar-refractivity contribution is 0.0365. The minimum absolute atomic E-state index is 0.455. The van der Waals surface area contributed by atoms with Gasteiger partial charge in [-0.2, -0.15) is 4.98 Å². The number of nitrogens with two attached hydrogens (primary N) is 1. The number of morpholine rings is 2. The number of hydrogen-bond acceptors (Lipinski definition) is 9. The van der Waals surface area contributed by atoms with Crippen LogP contribution in [0.25, 0.3) is 22.3 Å². The topological polar surface area (TPSA) is 124 Å². The zero-order valence-corrected chi connectivity index (χ0v) is 21.8. The molecule has 39 heavy (non-hydrogen) atoms. The Balaban J connectivity index is 1.31. The molecule has 2 aromatic carbocycles. The maximum absolute atomic E-state index is 11.5. The van der Waals surface area contributed by atoms with Crippen LogP contribution >= 0.6 is 0 Å². The van der Waals surface area contributed by atoms with Crippen molar-refractivity contribution in [3.05, 3.63) is 60.4 Å². The molecule has 2 saturated heterocycles. The van der Waals surface area contributed by atoms with Gasteiger partial charge in [0.25, 0.3) is 0 Å². The number of rotatable bonds is 8. The maximum Gasteiger partial charge on any atom is 0.248 e. The summed E-state index contributed by atoms with van der Waals surface area (Å²) in [7, 11) is 0. The van der Waals surface area contributed by atoms with Gasteiger partial charge in [-0.1, -0.05) is 6.07 Å². The van der Waals surface area contributed by atoms with Gasteiger partial charge in [-0.15, -0.1) is 0 Å². The molecule has 3 N–H and O–H groups in total. The van der Waals surface area contributed by atoms with E-state index in [1.54, 1.807) is 12.1 Å². The maximum atomic E-state index is 11.5. The molecule has 0 saturated carbocycles. The molecule has 4 heterocycles. The number of carbonyl (C=O) groups excluding carboxylic acids is 1. The van der Waals surface area contributed by atoms with Crippen molar-refractivity contribution < 1.29 is 14.3 Å². The molecule has 2 aliphatic heterocycles. The van der Waals surface area contributed by atoms with Crippen molar-refractivity contribution >= 4 is 34.4 Å². The van der Waals surface area contributed by atoms with E-state index in [0.717, 1.165) is 80.5 Å². The highest BCUT2D eigenvalue weighted by Crippen LogP contribution is 2.28. The SMILES string of the molecule is NC(=O)c1ccc(Nc2cc(-c3ccc4ncn(CCN5CCOCC5)c4c3)nc(N3CCOCC3)n2)cc1. The molecule has 2 fully saturated rings. The number of nitrogens with zero attached hydrogens (tertiary/aromatic N) is 6. The molecule has 0 spiro atoms. The van der Waals surface area contributed by atoms with Crippen LogP contribution in [0.5, 0.6) is 0 Å². The Morgan fingerprint density at radius 1 is 0.897 bits per heavy atom. The number of nitrogens with one attached hydrogen (secondary N) is 1. The molecular formula is C28H32N8O3.